The molecule has 9 nitrogen and oxygen atoms in total. The summed E-state index contributed by atoms with van der Waals surface area (Å²) in [6, 6.07) is 8.19. The zero-order chi connectivity index (χ0) is 21.7. The summed E-state index contributed by atoms with van der Waals surface area (Å²) in [6.45, 7) is -1.37. The van der Waals surface area contributed by atoms with Gasteiger partial charge in [0.1, 0.15) is 12.4 Å². The van der Waals surface area contributed by atoms with E-state index in [1.807, 2.05) is 6.07 Å². The van der Waals surface area contributed by atoms with Crippen LogP contribution in [0.25, 0.3) is 5.82 Å². The molecule has 1 atom stereocenters. The largest absolute Gasteiger partial charge is 0.433 e. The number of hydrogen-bond acceptors (Lipinski definition) is 6. The van der Waals surface area contributed by atoms with Gasteiger partial charge in [-0.3, -0.25) is 0 Å². The van der Waals surface area contributed by atoms with E-state index in [2.05, 4.69) is 46.4 Å². The molecule has 0 aliphatic carbocycles. The fourth-order valence-corrected chi connectivity index (χ4v) is 2.85. The summed E-state index contributed by atoms with van der Waals surface area (Å²) in [5.41, 5.74) is 0.459. The maximum atomic E-state index is 12.6. The number of carbonyl (C=O) groups is 1. The Morgan fingerprint density at radius 1 is 1.30 bits per heavy atom. The van der Waals surface area contributed by atoms with E-state index in [9.17, 15) is 13.6 Å². The van der Waals surface area contributed by atoms with Crippen molar-refractivity contribution in [3.63, 3.8) is 0 Å². The number of benzene rings is 1. The molecule has 154 valence electrons. The van der Waals surface area contributed by atoms with Crippen LogP contribution in [-0.4, -0.2) is 32.4 Å². The van der Waals surface area contributed by atoms with E-state index in [0.717, 1.165) is 0 Å². The predicted octanol–water partition coefficient (Wildman–Crippen LogP) is 3.78. The molecule has 2 aromatic heterocycles. The summed E-state index contributed by atoms with van der Waals surface area (Å²) in [5.74, 6) is 0.602. The molecule has 1 aromatic carbocycles. The number of hydrogen-bond donors (Lipinski definition) is 2. The van der Waals surface area contributed by atoms with Crippen LogP contribution >= 0.6 is 15.9 Å². The molecule has 30 heavy (non-hydrogen) atoms. The second-order valence-corrected chi connectivity index (χ2v) is 6.80. The first kappa shape index (κ1) is 21.1. The number of urea groups is 1. The molecule has 1 unspecified atom stereocenters. The van der Waals surface area contributed by atoms with E-state index in [4.69, 9.17) is 5.26 Å². The third-order valence-electron chi connectivity index (χ3n) is 3.81. The number of alkyl halides is 2. The number of nitrogens with one attached hydrogen (secondary N) is 2. The Labute approximate surface area is 177 Å². The number of halogens is 3. The third kappa shape index (κ3) is 5.06. The van der Waals surface area contributed by atoms with E-state index >= 15 is 0 Å². The van der Waals surface area contributed by atoms with Crippen LogP contribution in [0.1, 0.15) is 24.4 Å². The number of rotatable bonds is 6. The summed E-state index contributed by atoms with van der Waals surface area (Å²) in [7, 11) is 0. The van der Waals surface area contributed by atoms with Crippen molar-refractivity contribution in [3.05, 3.63) is 58.7 Å². The van der Waals surface area contributed by atoms with Gasteiger partial charge in [0, 0.05) is 10.7 Å². The number of amides is 2. The standard InChI is InChI=1S/C18H14BrF2N7O2/c1-10(16-24-9-25-28(16)15-5-2-11(7-22)8-23-15)26-18(29)27-13-4-3-12(19)6-14(13)30-17(20)21/h2-6,8-10,17H,1H3,(H2,26,27,29). The molecular formula is C18H14BrF2N7O2. The monoisotopic (exact) mass is 477 g/mol. The van der Waals surface area contributed by atoms with Crippen molar-refractivity contribution in [1.29, 1.82) is 5.26 Å². The fraction of sp³-hybridized carbons (Fsp3) is 0.167. The van der Waals surface area contributed by atoms with Gasteiger partial charge in [-0.05, 0) is 37.3 Å². The lowest BCUT2D eigenvalue weighted by Gasteiger charge is -2.16. The van der Waals surface area contributed by atoms with Crippen LogP contribution in [0.2, 0.25) is 0 Å². The molecule has 0 aliphatic heterocycles. The minimum Gasteiger partial charge on any atom is -0.433 e. The van der Waals surface area contributed by atoms with E-state index in [1.54, 1.807) is 25.1 Å². The highest BCUT2D eigenvalue weighted by Gasteiger charge is 2.19. The summed E-state index contributed by atoms with van der Waals surface area (Å²) in [4.78, 5) is 20.7. The van der Waals surface area contributed by atoms with Crippen molar-refractivity contribution in [3.8, 4) is 17.6 Å². The Balaban J connectivity index is 1.73. The highest BCUT2D eigenvalue weighted by atomic mass is 79.9. The average molecular weight is 478 g/mol. The fourth-order valence-electron chi connectivity index (χ4n) is 2.51. The van der Waals surface area contributed by atoms with E-state index in [0.29, 0.717) is 21.7 Å². The van der Waals surface area contributed by atoms with Gasteiger partial charge in [0.15, 0.2) is 17.4 Å². The van der Waals surface area contributed by atoms with Gasteiger partial charge in [-0.2, -0.15) is 23.8 Å². The van der Waals surface area contributed by atoms with Gasteiger partial charge in [-0.1, -0.05) is 15.9 Å². The number of ether oxygens (including phenoxy) is 1. The Hall–Kier alpha value is -3.59. The van der Waals surface area contributed by atoms with Crippen molar-refractivity contribution in [2.24, 2.45) is 0 Å². The minimum absolute atomic E-state index is 0.0680. The van der Waals surface area contributed by atoms with Gasteiger partial charge < -0.3 is 15.4 Å². The first-order valence-corrected chi connectivity index (χ1v) is 9.25. The molecule has 0 bridgehead atoms. The predicted molar refractivity (Wildman–Crippen MR) is 105 cm³/mol. The maximum absolute atomic E-state index is 12.6. The van der Waals surface area contributed by atoms with Gasteiger partial charge in [-0.15, -0.1) is 0 Å². The number of nitriles is 1. The Kier molecular flexibility index (Phi) is 6.53. The number of carbonyl (C=O) groups excluding carboxylic acids is 1. The summed E-state index contributed by atoms with van der Waals surface area (Å²) < 4.78 is 31.6. The Morgan fingerprint density at radius 2 is 2.10 bits per heavy atom. The molecule has 0 saturated heterocycles. The van der Waals surface area contributed by atoms with Crippen molar-refractivity contribution in [1.82, 2.24) is 25.1 Å². The summed E-state index contributed by atoms with van der Waals surface area (Å²) in [5, 5.41) is 18.1. The SMILES string of the molecule is CC(NC(=O)Nc1ccc(Br)cc1OC(F)F)c1ncnn1-c1ccc(C#N)cn1. The molecule has 2 amide bonds. The zero-order valence-electron chi connectivity index (χ0n) is 15.4. The van der Waals surface area contributed by atoms with Crippen LogP contribution < -0.4 is 15.4 Å². The molecule has 0 saturated carbocycles. The number of nitrogens with zero attached hydrogens (tertiary/aromatic N) is 5. The molecule has 3 aromatic rings. The molecule has 0 spiro atoms. The lowest BCUT2D eigenvalue weighted by atomic mass is 10.3. The van der Waals surface area contributed by atoms with Crippen molar-refractivity contribution >= 4 is 27.6 Å². The highest BCUT2D eigenvalue weighted by molar-refractivity contribution is 9.10. The highest BCUT2D eigenvalue weighted by Crippen LogP contribution is 2.29. The van der Waals surface area contributed by atoms with Crippen molar-refractivity contribution < 1.29 is 18.3 Å². The van der Waals surface area contributed by atoms with Gasteiger partial charge in [-0.25, -0.2) is 14.8 Å². The zero-order valence-corrected chi connectivity index (χ0v) is 17.0. The number of aromatic nitrogens is 4. The first-order chi connectivity index (χ1) is 14.4. The maximum Gasteiger partial charge on any atom is 0.387 e. The van der Waals surface area contributed by atoms with E-state index in [-0.39, 0.29) is 11.4 Å². The van der Waals surface area contributed by atoms with Crippen LogP contribution in [0.3, 0.4) is 0 Å². The van der Waals surface area contributed by atoms with Crippen LogP contribution in [0.4, 0.5) is 19.3 Å². The molecule has 3 rings (SSSR count). The molecule has 0 aliphatic rings. The molecule has 2 heterocycles. The van der Waals surface area contributed by atoms with Gasteiger partial charge in [0.2, 0.25) is 0 Å². The molecule has 12 heteroatoms. The second-order valence-electron chi connectivity index (χ2n) is 5.89. The van der Waals surface area contributed by atoms with E-state index in [1.165, 1.54) is 29.3 Å². The average Bonchev–Trinajstić information content (AvgIpc) is 3.19. The van der Waals surface area contributed by atoms with Gasteiger partial charge >= 0.3 is 12.6 Å². The normalized spacial score (nSPS) is 11.6. The summed E-state index contributed by atoms with van der Waals surface area (Å²) >= 11 is 3.16. The first-order valence-electron chi connectivity index (χ1n) is 8.45. The smallest absolute Gasteiger partial charge is 0.387 e. The summed E-state index contributed by atoms with van der Waals surface area (Å²) in [6.07, 6.45) is 2.69. The minimum atomic E-state index is -3.04. The lowest BCUT2D eigenvalue weighted by Crippen LogP contribution is -2.32. The lowest BCUT2D eigenvalue weighted by molar-refractivity contribution is -0.0493. The molecular weight excluding hydrogens is 464 g/mol. The number of anilines is 1. The molecule has 2 N–H and O–H groups in total. The van der Waals surface area contributed by atoms with Gasteiger partial charge in [0.25, 0.3) is 0 Å². The van der Waals surface area contributed by atoms with Crippen LogP contribution in [0, 0.1) is 11.3 Å². The van der Waals surface area contributed by atoms with Crippen molar-refractivity contribution in [2.45, 2.75) is 19.6 Å². The molecule has 0 fully saturated rings. The third-order valence-corrected chi connectivity index (χ3v) is 4.30. The Bertz CT molecular complexity index is 1080. The van der Waals surface area contributed by atoms with Crippen LogP contribution in [-0.2, 0) is 0 Å². The van der Waals surface area contributed by atoms with Gasteiger partial charge in [0.05, 0.1) is 17.3 Å². The number of pyridine rings is 1. The molecule has 0 radical (unpaired) electrons. The topological polar surface area (TPSA) is 118 Å². The quantitative estimate of drug-likeness (QED) is 0.557. The van der Waals surface area contributed by atoms with Crippen LogP contribution in [0.5, 0.6) is 5.75 Å². The Morgan fingerprint density at radius 3 is 2.77 bits per heavy atom. The van der Waals surface area contributed by atoms with Crippen LogP contribution in [0.15, 0.2) is 47.3 Å². The second kappa shape index (κ2) is 9.27. The van der Waals surface area contributed by atoms with Crippen molar-refractivity contribution in [2.75, 3.05) is 5.32 Å². The van der Waals surface area contributed by atoms with E-state index < -0.39 is 18.7 Å².